The number of rotatable bonds is 6. The fourth-order valence-electron chi connectivity index (χ4n) is 3.36. The van der Waals surface area contributed by atoms with E-state index in [1.807, 2.05) is 0 Å². The third-order valence-electron chi connectivity index (χ3n) is 5.00. The van der Waals surface area contributed by atoms with Crippen molar-refractivity contribution in [2.75, 3.05) is 38.2 Å². The summed E-state index contributed by atoms with van der Waals surface area (Å²) in [6.45, 7) is 0. The molecule has 4 rings (SSSR count). The molecule has 176 valence electrons. The Hall–Kier alpha value is -2.80. The van der Waals surface area contributed by atoms with Gasteiger partial charge in [-0.15, -0.1) is 0 Å². The van der Waals surface area contributed by atoms with Crippen LogP contribution < -0.4 is 28.7 Å². The topological polar surface area (TPSA) is 77.5 Å². The highest BCUT2D eigenvalue weighted by Crippen LogP contribution is 2.47. The Morgan fingerprint density at radius 1 is 0.647 bits per heavy atom. The standard InChI is InChI=1S/C22H18N2O6S4/c1-27-11-5-7-13(15(9-11)29-3)23-19(25)17(33-21(23)31)18-20(26)24(22(32)34-18)14-8-6-12(28-2)10-16(14)30-4/h5-10H,1-4H3/b18-17+. The van der Waals surface area contributed by atoms with Crippen molar-refractivity contribution in [1.29, 1.82) is 0 Å². The molecule has 0 aromatic heterocycles. The molecule has 0 unspecified atom stereocenters. The van der Waals surface area contributed by atoms with Crippen LogP contribution in [0.5, 0.6) is 23.0 Å². The average Bonchev–Trinajstić information content (AvgIpc) is 3.31. The zero-order valence-corrected chi connectivity index (χ0v) is 21.7. The molecule has 12 heteroatoms. The summed E-state index contributed by atoms with van der Waals surface area (Å²) in [7, 11) is 6.05. The minimum atomic E-state index is -0.430. The second kappa shape index (κ2) is 9.82. The van der Waals surface area contributed by atoms with Gasteiger partial charge in [0, 0.05) is 12.1 Å². The Bertz CT molecular complexity index is 1170. The highest BCUT2D eigenvalue weighted by Gasteiger charge is 2.44. The maximum absolute atomic E-state index is 13.4. The molecule has 34 heavy (non-hydrogen) atoms. The molecule has 2 aliphatic rings. The van der Waals surface area contributed by atoms with Crippen molar-refractivity contribution in [1.82, 2.24) is 0 Å². The Balaban J connectivity index is 1.72. The smallest absolute Gasteiger partial charge is 0.272 e. The Labute approximate surface area is 215 Å². The van der Waals surface area contributed by atoms with Gasteiger partial charge in [0.05, 0.1) is 49.6 Å². The van der Waals surface area contributed by atoms with E-state index in [1.165, 1.54) is 38.2 Å². The molecule has 0 spiro atoms. The zero-order chi connectivity index (χ0) is 24.6. The van der Waals surface area contributed by atoms with E-state index in [-0.39, 0.29) is 18.5 Å². The van der Waals surface area contributed by atoms with Gasteiger partial charge >= 0.3 is 0 Å². The van der Waals surface area contributed by atoms with E-state index in [4.69, 9.17) is 43.4 Å². The molecule has 2 amide bonds. The summed E-state index contributed by atoms with van der Waals surface area (Å²) in [5.41, 5.74) is 0.904. The Morgan fingerprint density at radius 2 is 1.03 bits per heavy atom. The van der Waals surface area contributed by atoms with Gasteiger partial charge in [0.25, 0.3) is 11.8 Å². The van der Waals surface area contributed by atoms with Gasteiger partial charge in [-0.05, 0) is 24.3 Å². The van der Waals surface area contributed by atoms with Crippen molar-refractivity contribution in [3.8, 4) is 23.0 Å². The van der Waals surface area contributed by atoms with Crippen molar-refractivity contribution >= 4 is 79.8 Å². The lowest BCUT2D eigenvalue weighted by Gasteiger charge is -2.19. The molecule has 0 bridgehead atoms. The van der Waals surface area contributed by atoms with E-state index in [2.05, 4.69) is 0 Å². The number of benzene rings is 2. The number of amides is 2. The number of hydrogen-bond acceptors (Lipinski definition) is 10. The number of carbonyl (C=O) groups excluding carboxylic acids is 2. The van der Waals surface area contributed by atoms with E-state index in [9.17, 15) is 9.59 Å². The molecule has 0 saturated carbocycles. The number of nitrogens with zero attached hydrogens (tertiary/aromatic N) is 2. The first kappa shape index (κ1) is 24.3. The van der Waals surface area contributed by atoms with Crippen LogP contribution in [0.1, 0.15) is 0 Å². The molecule has 0 radical (unpaired) electrons. The van der Waals surface area contributed by atoms with Crippen LogP contribution >= 0.6 is 48.0 Å². The number of hydrogen-bond donors (Lipinski definition) is 0. The van der Waals surface area contributed by atoms with Crippen molar-refractivity contribution in [2.24, 2.45) is 0 Å². The predicted octanol–water partition coefficient (Wildman–Crippen LogP) is 4.36. The van der Waals surface area contributed by atoms with Crippen molar-refractivity contribution in [3.63, 3.8) is 0 Å². The second-order valence-electron chi connectivity index (χ2n) is 6.75. The summed E-state index contributed by atoms with van der Waals surface area (Å²) in [6.07, 6.45) is 0. The van der Waals surface area contributed by atoms with Crippen LogP contribution in [0.3, 0.4) is 0 Å². The maximum Gasteiger partial charge on any atom is 0.272 e. The van der Waals surface area contributed by atoms with Gasteiger partial charge in [-0.2, -0.15) is 0 Å². The first-order chi connectivity index (χ1) is 16.3. The van der Waals surface area contributed by atoms with Crippen LogP contribution in [0.25, 0.3) is 0 Å². The highest BCUT2D eigenvalue weighted by atomic mass is 32.2. The normalized spacial score (nSPS) is 18.1. The van der Waals surface area contributed by atoms with Gasteiger partial charge in [-0.25, -0.2) is 0 Å². The summed E-state index contributed by atoms with van der Waals surface area (Å²) in [4.78, 5) is 30.0. The predicted molar refractivity (Wildman–Crippen MR) is 141 cm³/mol. The SMILES string of the molecule is COc1ccc(N2C(=O)/C(=C3\SC(=S)N(c4ccc(OC)cc4OC)C3=O)SC2=S)c(OC)c1. The van der Waals surface area contributed by atoms with E-state index >= 15 is 0 Å². The molecule has 2 heterocycles. The van der Waals surface area contributed by atoms with Crippen LogP contribution in [-0.4, -0.2) is 48.9 Å². The van der Waals surface area contributed by atoms with E-state index in [0.717, 1.165) is 23.5 Å². The summed E-state index contributed by atoms with van der Waals surface area (Å²) in [5.74, 6) is 1.10. The Kier molecular flexibility index (Phi) is 7.03. The fourth-order valence-corrected chi connectivity index (χ4v) is 6.09. The number of methoxy groups -OCH3 is 4. The summed E-state index contributed by atoms with van der Waals surface area (Å²) < 4.78 is 21.9. The van der Waals surface area contributed by atoms with Gasteiger partial charge < -0.3 is 18.9 Å². The van der Waals surface area contributed by atoms with Gasteiger partial charge in [0.15, 0.2) is 8.64 Å². The monoisotopic (exact) mass is 534 g/mol. The lowest BCUT2D eigenvalue weighted by atomic mass is 10.2. The fraction of sp³-hybridized carbons (Fsp3) is 0.182. The quantitative estimate of drug-likeness (QED) is 0.394. The van der Waals surface area contributed by atoms with Crippen LogP contribution in [-0.2, 0) is 9.59 Å². The van der Waals surface area contributed by atoms with Gasteiger partial charge in [0.2, 0.25) is 0 Å². The summed E-state index contributed by atoms with van der Waals surface area (Å²) in [5, 5.41) is 0. The second-order valence-corrected chi connectivity index (χ2v) is 10.0. The number of anilines is 2. The lowest BCUT2D eigenvalue weighted by Crippen LogP contribution is -2.30. The number of thioether (sulfide) groups is 2. The Morgan fingerprint density at radius 3 is 1.35 bits per heavy atom. The van der Waals surface area contributed by atoms with E-state index in [0.29, 0.717) is 34.4 Å². The first-order valence-electron chi connectivity index (χ1n) is 9.65. The molecular formula is C22H18N2O6S4. The minimum absolute atomic E-state index is 0.204. The molecular weight excluding hydrogens is 517 g/mol. The summed E-state index contributed by atoms with van der Waals surface area (Å²) >= 11 is 13.1. The molecule has 0 N–H and O–H groups in total. The molecule has 2 saturated heterocycles. The van der Waals surface area contributed by atoms with Crippen LogP contribution in [0.4, 0.5) is 11.4 Å². The third-order valence-corrected chi connectivity index (χ3v) is 7.87. The number of thiocarbonyl (C=S) groups is 2. The van der Waals surface area contributed by atoms with Crippen molar-refractivity contribution < 1.29 is 28.5 Å². The molecule has 0 aliphatic carbocycles. The zero-order valence-electron chi connectivity index (χ0n) is 18.4. The number of ether oxygens (including phenoxy) is 4. The molecule has 0 atom stereocenters. The molecule has 2 fully saturated rings. The highest BCUT2D eigenvalue weighted by molar-refractivity contribution is 8.30. The molecule has 2 aliphatic heterocycles. The lowest BCUT2D eigenvalue weighted by molar-refractivity contribution is -0.115. The van der Waals surface area contributed by atoms with Crippen LogP contribution in [0.2, 0.25) is 0 Å². The first-order valence-corrected chi connectivity index (χ1v) is 12.1. The van der Waals surface area contributed by atoms with E-state index < -0.39 is 11.8 Å². The van der Waals surface area contributed by atoms with Gasteiger partial charge in [-0.3, -0.25) is 19.4 Å². The average molecular weight is 535 g/mol. The number of carbonyl (C=O) groups is 2. The van der Waals surface area contributed by atoms with Crippen molar-refractivity contribution in [3.05, 3.63) is 46.2 Å². The third kappa shape index (κ3) is 4.11. The maximum atomic E-state index is 13.4. The summed E-state index contributed by atoms with van der Waals surface area (Å²) in [6, 6.07) is 10.1. The molecule has 2 aromatic carbocycles. The van der Waals surface area contributed by atoms with Crippen LogP contribution in [0, 0.1) is 0 Å². The van der Waals surface area contributed by atoms with Gasteiger partial charge in [-0.1, -0.05) is 48.0 Å². The molecule has 2 aromatic rings. The minimum Gasteiger partial charge on any atom is -0.497 e. The van der Waals surface area contributed by atoms with Gasteiger partial charge in [0.1, 0.15) is 23.0 Å². The van der Waals surface area contributed by atoms with Crippen molar-refractivity contribution in [2.45, 2.75) is 0 Å². The van der Waals surface area contributed by atoms with Crippen LogP contribution in [0.15, 0.2) is 46.2 Å². The molecule has 8 nitrogen and oxygen atoms in total. The largest absolute Gasteiger partial charge is 0.497 e. The van der Waals surface area contributed by atoms with E-state index in [1.54, 1.807) is 36.4 Å².